The Bertz CT molecular complexity index is 712. The van der Waals surface area contributed by atoms with Crippen molar-refractivity contribution in [3.63, 3.8) is 0 Å². The Kier molecular flexibility index (Phi) is 2.89. The van der Waals surface area contributed by atoms with Crippen LogP contribution in [-0.2, 0) is 0 Å². The van der Waals surface area contributed by atoms with Gasteiger partial charge in [0.2, 0.25) is 0 Å². The minimum Gasteiger partial charge on any atom is -0.380 e. The molecule has 6 heteroatoms. The molecule has 0 aliphatic heterocycles. The van der Waals surface area contributed by atoms with Crippen LogP contribution >= 0.6 is 11.6 Å². The Hall–Kier alpha value is -2.40. The van der Waals surface area contributed by atoms with Gasteiger partial charge in [0.1, 0.15) is 0 Å². The van der Waals surface area contributed by atoms with Crippen molar-refractivity contribution in [1.82, 2.24) is 15.4 Å². The minimum atomic E-state index is 0.292. The molecule has 94 valence electrons. The van der Waals surface area contributed by atoms with E-state index in [-0.39, 0.29) is 0 Å². The van der Waals surface area contributed by atoms with Gasteiger partial charge in [0, 0.05) is 16.1 Å². The van der Waals surface area contributed by atoms with Gasteiger partial charge >= 0.3 is 0 Å². The van der Waals surface area contributed by atoms with E-state index in [0.29, 0.717) is 22.2 Å². The number of nitrogens with two attached hydrogens (primary N) is 1. The van der Waals surface area contributed by atoms with Gasteiger partial charge in [-0.2, -0.15) is 10.2 Å². The molecule has 3 aromatic rings. The third-order valence-electron chi connectivity index (χ3n) is 2.71. The molecule has 2 heterocycles. The number of nitrogens with zero attached hydrogens (tertiary/aromatic N) is 3. The lowest BCUT2D eigenvalue weighted by atomic mass is 10.0. The molecule has 0 aliphatic carbocycles. The highest BCUT2D eigenvalue weighted by Gasteiger charge is 2.19. The van der Waals surface area contributed by atoms with Crippen molar-refractivity contribution < 1.29 is 4.52 Å². The van der Waals surface area contributed by atoms with E-state index in [1.807, 2.05) is 18.2 Å². The number of hydrogen-bond acceptors (Lipinski definition) is 5. The second kappa shape index (κ2) is 4.70. The van der Waals surface area contributed by atoms with Gasteiger partial charge in [0.15, 0.2) is 11.6 Å². The van der Waals surface area contributed by atoms with Crippen molar-refractivity contribution in [2.45, 2.75) is 0 Å². The molecule has 0 saturated carbocycles. The van der Waals surface area contributed by atoms with Crippen molar-refractivity contribution in [3.8, 4) is 22.5 Å². The van der Waals surface area contributed by atoms with Crippen LogP contribution in [0.15, 0.2) is 47.2 Å². The lowest BCUT2D eigenvalue weighted by Crippen LogP contribution is -1.90. The number of rotatable bonds is 2. The number of benzene rings is 1. The number of aromatic nitrogens is 3. The fourth-order valence-electron chi connectivity index (χ4n) is 1.85. The molecule has 2 aromatic heterocycles. The summed E-state index contributed by atoms with van der Waals surface area (Å²) in [5, 5.41) is 11.9. The Labute approximate surface area is 114 Å². The highest BCUT2D eigenvalue weighted by atomic mass is 35.5. The van der Waals surface area contributed by atoms with Gasteiger partial charge in [0.25, 0.3) is 0 Å². The lowest BCUT2D eigenvalue weighted by Gasteiger charge is -2.04. The van der Waals surface area contributed by atoms with E-state index in [9.17, 15) is 0 Å². The first-order valence-electron chi connectivity index (χ1n) is 5.54. The highest BCUT2D eigenvalue weighted by Crippen LogP contribution is 2.39. The van der Waals surface area contributed by atoms with Crippen molar-refractivity contribution in [2.75, 3.05) is 5.73 Å². The number of hydrogen-bond donors (Lipinski definition) is 1. The van der Waals surface area contributed by atoms with Gasteiger partial charge in [-0.15, -0.1) is 0 Å². The van der Waals surface area contributed by atoms with Crippen LogP contribution in [0.3, 0.4) is 0 Å². The predicted molar refractivity (Wildman–Crippen MR) is 72.4 cm³/mol. The van der Waals surface area contributed by atoms with Crippen molar-refractivity contribution in [3.05, 3.63) is 47.7 Å². The lowest BCUT2D eigenvalue weighted by molar-refractivity contribution is 0.436. The molecule has 0 amide bonds. The number of anilines is 1. The first kappa shape index (κ1) is 11.7. The summed E-state index contributed by atoms with van der Waals surface area (Å²) in [6.45, 7) is 0. The summed E-state index contributed by atoms with van der Waals surface area (Å²) in [5.41, 5.74) is 8.06. The maximum Gasteiger partial charge on any atom is 0.178 e. The number of nitrogen functional groups attached to an aromatic ring is 1. The van der Waals surface area contributed by atoms with Gasteiger partial charge in [-0.3, -0.25) is 0 Å². The summed E-state index contributed by atoms with van der Waals surface area (Å²) >= 11 is 6.19. The second-order valence-electron chi connectivity index (χ2n) is 3.88. The van der Waals surface area contributed by atoms with E-state index < -0.39 is 0 Å². The maximum absolute atomic E-state index is 6.19. The Morgan fingerprint density at radius 3 is 2.68 bits per heavy atom. The molecule has 0 unspecified atom stereocenters. The number of halogens is 1. The molecular formula is C13H9ClN4O. The Balaban J connectivity index is 2.23. The van der Waals surface area contributed by atoms with E-state index in [4.69, 9.17) is 21.9 Å². The first-order chi connectivity index (χ1) is 9.27. The first-order valence-corrected chi connectivity index (χ1v) is 5.92. The average Bonchev–Trinajstić information content (AvgIpc) is 2.82. The van der Waals surface area contributed by atoms with E-state index in [1.54, 1.807) is 24.5 Å². The quantitative estimate of drug-likeness (QED) is 0.776. The van der Waals surface area contributed by atoms with Crippen LogP contribution in [0.1, 0.15) is 0 Å². The SMILES string of the molecule is Nc1noc(-c2ccnnc2)c1-c1ccccc1Cl. The van der Waals surface area contributed by atoms with Gasteiger partial charge in [0.05, 0.1) is 18.0 Å². The maximum atomic E-state index is 6.19. The zero-order valence-corrected chi connectivity index (χ0v) is 10.5. The van der Waals surface area contributed by atoms with Crippen LogP contribution in [0.25, 0.3) is 22.5 Å². The van der Waals surface area contributed by atoms with Gasteiger partial charge in [-0.25, -0.2) is 0 Å². The van der Waals surface area contributed by atoms with Crippen molar-refractivity contribution >= 4 is 17.4 Å². The van der Waals surface area contributed by atoms with Crippen LogP contribution in [0.5, 0.6) is 0 Å². The molecule has 0 radical (unpaired) electrons. The molecule has 0 atom stereocenters. The van der Waals surface area contributed by atoms with Crippen LogP contribution in [0, 0.1) is 0 Å². The molecule has 0 bridgehead atoms. The summed E-state index contributed by atoms with van der Waals surface area (Å²) in [6.07, 6.45) is 3.16. The smallest absolute Gasteiger partial charge is 0.178 e. The Morgan fingerprint density at radius 1 is 1.11 bits per heavy atom. The van der Waals surface area contributed by atoms with Gasteiger partial charge < -0.3 is 10.3 Å². The van der Waals surface area contributed by atoms with Crippen molar-refractivity contribution in [1.29, 1.82) is 0 Å². The molecule has 3 rings (SSSR count). The molecule has 0 fully saturated rings. The molecule has 19 heavy (non-hydrogen) atoms. The fraction of sp³-hybridized carbons (Fsp3) is 0. The summed E-state index contributed by atoms with van der Waals surface area (Å²) in [7, 11) is 0. The summed E-state index contributed by atoms with van der Waals surface area (Å²) in [5.74, 6) is 0.820. The van der Waals surface area contributed by atoms with E-state index in [0.717, 1.165) is 11.1 Å². The van der Waals surface area contributed by atoms with E-state index in [1.165, 1.54) is 0 Å². The van der Waals surface area contributed by atoms with Crippen molar-refractivity contribution in [2.24, 2.45) is 0 Å². The van der Waals surface area contributed by atoms with Gasteiger partial charge in [-0.1, -0.05) is 35.0 Å². The summed E-state index contributed by atoms with van der Waals surface area (Å²) in [4.78, 5) is 0. The molecule has 5 nitrogen and oxygen atoms in total. The summed E-state index contributed by atoms with van der Waals surface area (Å²) < 4.78 is 5.29. The van der Waals surface area contributed by atoms with Gasteiger partial charge in [-0.05, 0) is 12.1 Å². The molecule has 0 saturated heterocycles. The van der Waals surface area contributed by atoms with Crippen LogP contribution in [0.2, 0.25) is 5.02 Å². The largest absolute Gasteiger partial charge is 0.380 e. The fourth-order valence-corrected chi connectivity index (χ4v) is 2.08. The zero-order chi connectivity index (χ0) is 13.2. The molecule has 0 spiro atoms. The molecular weight excluding hydrogens is 264 g/mol. The zero-order valence-electron chi connectivity index (χ0n) is 9.75. The molecule has 0 aliphatic rings. The third-order valence-corrected chi connectivity index (χ3v) is 3.04. The third kappa shape index (κ3) is 2.04. The normalized spacial score (nSPS) is 10.6. The molecule has 2 N–H and O–H groups in total. The monoisotopic (exact) mass is 272 g/mol. The highest BCUT2D eigenvalue weighted by molar-refractivity contribution is 6.33. The topological polar surface area (TPSA) is 77.8 Å². The average molecular weight is 273 g/mol. The van der Waals surface area contributed by atoms with E-state index in [2.05, 4.69) is 15.4 Å². The van der Waals surface area contributed by atoms with Crippen LogP contribution < -0.4 is 5.73 Å². The second-order valence-corrected chi connectivity index (χ2v) is 4.29. The predicted octanol–water partition coefficient (Wildman–Crippen LogP) is 3.03. The van der Waals surface area contributed by atoms with Crippen LogP contribution in [-0.4, -0.2) is 15.4 Å². The van der Waals surface area contributed by atoms with E-state index >= 15 is 0 Å². The molecule has 1 aromatic carbocycles. The Morgan fingerprint density at radius 2 is 1.95 bits per heavy atom. The minimum absolute atomic E-state index is 0.292. The summed E-state index contributed by atoms with van der Waals surface area (Å²) in [6, 6.07) is 9.15. The standard InChI is InChI=1S/C13H9ClN4O/c14-10-4-2-1-3-9(10)11-12(19-18-13(11)15)8-5-6-16-17-7-8/h1-7H,(H2,15,18). The van der Waals surface area contributed by atoms with Crippen LogP contribution in [0.4, 0.5) is 5.82 Å².